The van der Waals surface area contributed by atoms with Crippen LogP contribution in [0.3, 0.4) is 0 Å². The van der Waals surface area contributed by atoms with Gasteiger partial charge in [0, 0.05) is 22.6 Å². The highest BCUT2D eigenvalue weighted by atomic mass is 28.3. The lowest BCUT2D eigenvalue weighted by molar-refractivity contribution is 0.0689. The molecule has 0 atom stereocenters. The molecule has 0 spiro atoms. The van der Waals surface area contributed by atoms with Crippen LogP contribution in [0.1, 0.15) is 13.8 Å². The maximum Gasteiger partial charge on any atom is 0.122 e. The second-order valence-corrected chi connectivity index (χ2v) is 12.5. The van der Waals surface area contributed by atoms with Crippen LogP contribution in [0.25, 0.3) is 0 Å². The van der Waals surface area contributed by atoms with Crippen molar-refractivity contribution in [2.75, 3.05) is 26.3 Å². The molecule has 0 aromatic carbocycles. The molecule has 2 nitrogen and oxygen atoms in total. The van der Waals surface area contributed by atoms with E-state index >= 15 is 0 Å². The van der Waals surface area contributed by atoms with Crippen molar-refractivity contribution in [3.63, 3.8) is 0 Å². The van der Waals surface area contributed by atoms with E-state index in [4.69, 9.17) is 4.74 Å². The van der Waals surface area contributed by atoms with E-state index in [0.29, 0.717) is 0 Å². The van der Waals surface area contributed by atoms with Crippen molar-refractivity contribution in [3.05, 3.63) is 11.3 Å². The Morgan fingerprint density at radius 1 is 1.38 bits per heavy atom. The summed E-state index contributed by atoms with van der Waals surface area (Å²) in [4.78, 5) is 0. The first kappa shape index (κ1) is 14.2. The van der Waals surface area contributed by atoms with Crippen molar-refractivity contribution in [3.8, 4) is 0 Å². The van der Waals surface area contributed by atoms with Crippen molar-refractivity contribution in [2.24, 2.45) is 0 Å². The second-order valence-electron chi connectivity index (χ2n) is 5.40. The van der Waals surface area contributed by atoms with Crippen LogP contribution in [0.4, 0.5) is 0 Å². The Kier molecular flexibility index (Phi) is 5.96. The van der Waals surface area contributed by atoms with Crippen LogP contribution in [0.5, 0.6) is 0 Å². The lowest BCUT2D eigenvalue weighted by Gasteiger charge is -2.39. The van der Waals surface area contributed by atoms with Gasteiger partial charge in [0.2, 0.25) is 0 Å². The van der Waals surface area contributed by atoms with E-state index < -0.39 is 8.24 Å². The van der Waals surface area contributed by atoms with Gasteiger partial charge in [0.25, 0.3) is 0 Å². The van der Waals surface area contributed by atoms with E-state index in [2.05, 4.69) is 37.6 Å². The number of allylic oxidation sites excluding steroid dienone is 2. The fourth-order valence-corrected chi connectivity index (χ4v) is 8.99. The molecule has 16 heavy (non-hydrogen) atoms. The lowest BCUT2D eigenvalue weighted by atomic mass is 10.5. The van der Waals surface area contributed by atoms with Crippen LogP contribution >= 0.6 is 0 Å². The molecule has 1 saturated heterocycles. The van der Waals surface area contributed by atoms with E-state index in [0.717, 1.165) is 13.2 Å². The molecule has 1 fully saturated rings. The minimum Gasteiger partial charge on any atom is -0.379 e. The van der Waals surface area contributed by atoms with Gasteiger partial charge >= 0.3 is 0 Å². The zero-order valence-electron chi connectivity index (χ0n) is 11.4. The third-order valence-electron chi connectivity index (χ3n) is 3.72. The highest BCUT2D eigenvalue weighted by Crippen LogP contribution is 2.19. The number of hydrogen-bond acceptors (Lipinski definition) is 2. The summed E-state index contributed by atoms with van der Waals surface area (Å²) in [6.45, 7) is 13.8. The monoisotopic (exact) mass is 257 g/mol. The Labute approximate surface area is 104 Å². The first-order valence-electron chi connectivity index (χ1n) is 6.51. The van der Waals surface area contributed by atoms with Gasteiger partial charge in [-0.25, -0.2) is 0 Å². The minimum atomic E-state index is -1.12. The molecule has 0 N–H and O–H groups in total. The summed E-state index contributed by atoms with van der Waals surface area (Å²) >= 11 is 0. The van der Waals surface area contributed by atoms with Gasteiger partial charge in [-0.2, -0.15) is 0 Å². The highest BCUT2D eigenvalue weighted by Gasteiger charge is 2.29. The number of morpholine rings is 1. The minimum absolute atomic E-state index is 0.0582. The summed E-state index contributed by atoms with van der Waals surface area (Å²) in [5, 5.41) is 1.67. The van der Waals surface area contributed by atoms with Gasteiger partial charge in [-0.1, -0.05) is 30.4 Å². The SMILES string of the molecule is CC=C(C)[SiH2]CC[Si](C)(C)N1CCOCC1. The van der Waals surface area contributed by atoms with Gasteiger partial charge in [0.15, 0.2) is 0 Å². The fourth-order valence-electron chi connectivity index (χ4n) is 2.27. The molecule has 0 bridgehead atoms. The van der Waals surface area contributed by atoms with E-state index in [1.807, 2.05) is 0 Å². The van der Waals surface area contributed by atoms with E-state index in [1.54, 1.807) is 5.20 Å². The zero-order chi connectivity index (χ0) is 12.0. The van der Waals surface area contributed by atoms with Crippen LogP contribution in [0.2, 0.25) is 25.2 Å². The molecular weight excluding hydrogens is 230 g/mol. The van der Waals surface area contributed by atoms with Crippen LogP contribution in [0.15, 0.2) is 11.3 Å². The summed E-state index contributed by atoms with van der Waals surface area (Å²) in [6.07, 6.45) is 2.30. The molecule has 0 aromatic rings. The normalized spacial score (nSPS) is 20.9. The Balaban J connectivity index is 2.32. The van der Waals surface area contributed by atoms with Gasteiger partial charge in [-0.05, 0) is 19.9 Å². The molecule has 0 amide bonds. The third-order valence-corrected chi connectivity index (χ3v) is 10.1. The molecule has 0 aromatic heterocycles. The Hall–Kier alpha value is 0.0938. The average Bonchev–Trinajstić information content (AvgIpc) is 2.30. The maximum absolute atomic E-state index is 5.44. The number of ether oxygens (including phenoxy) is 1. The van der Waals surface area contributed by atoms with E-state index in [1.165, 1.54) is 25.2 Å². The smallest absolute Gasteiger partial charge is 0.122 e. The van der Waals surface area contributed by atoms with Gasteiger partial charge in [0.05, 0.1) is 13.2 Å². The summed E-state index contributed by atoms with van der Waals surface area (Å²) in [7, 11) is -1.06. The Morgan fingerprint density at radius 3 is 2.56 bits per heavy atom. The molecule has 1 heterocycles. The zero-order valence-corrected chi connectivity index (χ0v) is 13.8. The van der Waals surface area contributed by atoms with Crippen molar-refractivity contribution in [2.45, 2.75) is 39.0 Å². The van der Waals surface area contributed by atoms with Crippen molar-refractivity contribution < 1.29 is 4.74 Å². The van der Waals surface area contributed by atoms with Crippen LogP contribution in [0, 0.1) is 0 Å². The van der Waals surface area contributed by atoms with Gasteiger partial charge in [0.1, 0.15) is 8.24 Å². The molecular formula is C12H27NOSi2. The topological polar surface area (TPSA) is 12.5 Å². The average molecular weight is 258 g/mol. The molecule has 4 heteroatoms. The van der Waals surface area contributed by atoms with Crippen LogP contribution in [-0.4, -0.2) is 48.6 Å². The molecule has 1 aliphatic rings. The molecule has 0 aliphatic carbocycles. The van der Waals surface area contributed by atoms with Crippen molar-refractivity contribution in [1.29, 1.82) is 0 Å². The van der Waals surface area contributed by atoms with Crippen LogP contribution in [-0.2, 0) is 4.74 Å². The van der Waals surface area contributed by atoms with Gasteiger partial charge < -0.3 is 9.30 Å². The fraction of sp³-hybridized carbons (Fsp3) is 0.833. The van der Waals surface area contributed by atoms with E-state index in [9.17, 15) is 0 Å². The van der Waals surface area contributed by atoms with E-state index in [-0.39, 0.29) is 9.52 Å². The summed E-state index contributed by atoms with van der Waals surface area (Å²) in [6, 6.07) is 2.97. The van der Waals surface area contributed by atoms with Gasteiger partial charge in [-0.3, -0.25) is 0 Å². The number of hydrogen-bond donors (Lipinski definition) is 0. The lowest BCUT2D eigenvalue weighted by Crippen LogP contribution is -2.53. The highest BCUT2D eigenvalue weighted by molar-refractivity contribution is 6.75. The van der Waals surface area contributed by atoms with Crippen LogP contribution < -0.4 is 0 Å². The predicted molar refractivity (Wildman–Crippen MR) is 77.5 cm³/mol. The second kappa shape index (κ2) is 6.74. The first-order chi connectivity index (χ1) is 7.56. The summed E-state index contributed by atoms with van der Waals surface area (Å²) in [5.41, 5.74) is 0. The van der Waals surface area contributed by atoms with Crippen molar-refractivity contribution >= 4 is 17.8 Å². The molecule has 94 valence electrons. The quantitative estimate of drug-likeness (QED) is 0.699. The number of rotatable bonds is 5. The Morgan fingerprint density at radius 2 is 2.00 bits per heavy atom. The molecule has 1 rings (SSSR count). The summed E-state index contributed by atoms with van der Waals surface area (Å²) < 4.78 is 8.17. The Bertz CT molecular complexity index is 235. The molecule has 1 aliphatic heterocycles. The van der Waals surface area contributed by atoms with Gasteiger partial charge in [-0.15, -0.1) is 0 Å². The molecule has 0 unspecified atom stereocenters. The first-order valence-corrected chi connectivity index (χ1v) is 11.4. The third kappa shape index (κ3) is 4.53. The maximum atomic E-state index is 5.44. The molecule has 0 saturated carbocycles. The molecule has 0 radical (unpaired) electrons. The van der Waals surface area contributed by atoms with Crippen molar-refractivity contribution in [1.82, 2.24) is 4.57 Å². The number of nitrogens with zero attached hydrogens (tertiary/aromatic N) is 1. The predicted octanol–water partition coefficient (Wildman–Crippen LogP) is 2.03. The largest absolute Gasteiger partial charge is 0.379 e. The standard InChI is InChI=1S/C12H27NOSi2/c1-5-12(2)15-10-11-16(3,4)13-6-8-14-9-7-13/h5H,6-11,15H2,1-4H3. The summed E-state index contributed by atoms with van der Waals surface area (Å²) in [5.74, 6) is 0.